The summed E-state index contributed by atoms with van der Waals surface area (Å²) in [6.45, 7) is 4.09. The minimum Gasteiger partial charge on any atom is -0.348 e. The van der Waals surface area contributed by atoms with Crippen molar-refractivity contribution in [3.05, 3.63) is 29.8 Å². The molecule has 0 bridgehead atoms. The molecule has 0 aliphatic rings. The Morgan fingerprint density at radius 3 is 2.71 bits per heavy atom. The number of carbonyl (C=O) groups excluding carboxylic acids is 1. The van der Waals surface area contributed by atoms with E-state index in [1.807, 2.05) is 13.8 Å². The molecule has 0 saturated carbocycles. The molecule has 0 aliphatic carbocycles. The Morgan fingerprint density at radius 1 is 1.53 bits per heavy atom. The Morgan fingerprint density at radius 2 is 2.24 bits per heavy atom. The first-order valence-electron chi connectivity index (χ1n) is 5.53. The fraction of sp³-hybridized carbons (Fsp3) is 0.500. The fourth-order valence-electron chi connectivity index (χ4n) is 1.44. The second kappa shape index (κ2) is 6.69. The number of hydrogen-bond acceptors (Lipinski definition) is 2. The molecule has 0 radical (unpaired) electrons. The van der Waals surface area contributed by atoms with Gasteiger partial charge < -0.3 is 5.32 Å². The first-order chi connectivity index (χ1) is 8.04. The second-order valence-electron chi connectivity index (χ2n) is 4.16. The molecule has 1 aromatic heterocycles. The van der Waals surface area contributed by atoms with E-state index in [0.717, 1.165) is 17.9 Å². The molecule has 0 aromatic carbocycles. The number of aromatic nitrogens is 1. The Hall–Kier alpha value is -0.970. The summed E-state index contributed by atoms with van der Waals surface area (Å²) in [5.41, 5.74) is 0.242. The molecule has 17 heavy (non-hydrogen) atoms. The lowest BCUT2D eigenvalue weighted by molar-refractivity contribution is 0.0920. The van der Waals surface area contributed by atoms with Gasteiger partial charge in [-0.15, -0.1) is 0 Å². The van der Waals surface area contributed by atoms with Crippen molar-refractivity contribution in [2.24, 2.45) is 5.92 Å². The minimum absolute atomic E-state index is 0.0914. The first-order valence-corrected chi connectivity index (χ1v) is 6.65. The third-order valence-electron chi connectivity index (χ3n) is 2.50. The zero-order valence-corrected chi connectivity index (χ0v) is 11.5. The van der Waals surface area contributed by atoms with Crippen molar-refractivity contribution in [2.75, 3.05) is 5.33 Å². The molecule has 1 N–H and O–H groups in total. The smallest absolute Gasteiger partial charge is 0.270 e. The van der Waals surface area contributed by atoms with Crippen LogP contribution < -0.4 is 5.32 Å². The van der Waals surface area contributed by atoms with Gasteiger partial charge in [0.2, 0.25) is 0 Å². The summed E-state index contributed by atoms with van der Waals surface area (Å²) in [5.74, 6) is -0.357. The van der Waals surface area contributed by atoms with Gasteiger partial charge in [0.25, 0.3) is 5.91 Å². The highest BCUT2D eigenvalue weighted by Crippen LogP contribution is 2.09. The highest BCUT2D eigenvalue weighted by atomic mass is 79.9. The standard InChI is InChI=1S/C12H16BrFN2O/c1-8(2)10(5-6-13)16-12(17)11-4-3-9(14)7-15-11/h3-4,7-8,10H,5-6H2,1-2H3,(H,16,17). The van der Waals surface area contributed by atoms with E-state index in [0.29, 0.717) is 5.92 Å². The number of halogens is 2. The topological polar surface area (TPSA) is 42.0 Å². The molecule has 1 amide bonds. The SMILES string of the molecule is CC(C)C(CCBr)NC(=O)c1ccc(F)cn1. The molecule has 1 rings (SSSR count). The molecule has 0 aliphatic heterocycles. The van der Waals surface area contributed by atoms with Crippen LogP contribution in [-0.4, -0.2) is 22.3 Å². The summed E-state index contributed by atoms with van der Waals surface area (Å²) in [7, 11) is 0. The van der Waals surface area contributed by atoms with E-state index in [4.69, 9.17) is 0 Å². The normalized spacial score (nSPS) is 12.5. The lowest BCUT2D eigenvalue weighted by Crippen LogP contribution is -2.39. The molecule has 1 atom stereocenters. The van der Waals surface area contributed by atoms with Crippen LogP contribution in [0.25, 0.3) is 0 Å². The monoisotopic (exact) mass is 302 g/mol. The number of nitrogens with one attached hydrogen (secondary N) is 1. The predicted molar refractivity (Wildman–Crippen MR) is 68.7 cm³/mol. The predicted octanol–water partition coefficient (Wildman–Crippen LogP) is 2.76. The van der Waals surface area contributed by atoms with Crippen LogP contribution in [-0.2, 0) is 0 Å². The number of amides is 1. The van der Waals surface area contributed by atoms with Gasteiger partial charge in [0.1, 0.15) is 11.5 Å². The zero-order chi connectivity index (χ0) is 12.8. The van der Waals surface area contributed by atoms with Crippen LogP contribution >= 0.6 is 15.9 Å². The maximum absolute atomic E-state index is 12.7. The van der Waals surface area contributed by atoms with Crippen molar-refractivity contribution < 1.29 is 9.18 Å². The van der Waals surface area contributed by atoms with Crippen molar-refractivity contribution in [2.45, 2.75) is 26.3 Å². The summed E-state index contributed by atoms with van der Waals surface area (Å²) >= 11 is 3.36. The number of carbonyl (C=O) groups is 1. The number of nitrogens with zero attached hydrogens (tertiary/aromatic N) is 1. The van der Waals surface area contributed by atoms with Gasteiger partial charge in [-0.05, 0) is 24.5 Å². The van der Waals surface area contributed by atoms with Gasteiger partial charge in [0.05, 0.1) is 6.20 Å². The molecular formula is C12H16BrFN2O. The van der Waals surface area contributed by atoms with Crippen LogP contribution in [0.15, 0.2) is 18.3 Å². The zero-order valence-electron chi connectivity index (χ0n) is 9.91. The summed E-state index contributed by atoms with van der Waals surface area (Å²) in [6.07, 6.45) is 1.90. The van der Waals surface area contributed by atoms with Crippen molar-refractivity contribution in [3.63, 3.8) is 0 Å². The molecule has 1 heterocycles. The largest absolute Gasteiger partial charge is 0.348 e. The number of pyridine rings is 1. The average molecular weight is 303 g/mol. The molecule has 0 spiro atoms. The van der Waals surface area contributed by atoms with Crippen molar-refractivity contribution in [3.8, 4) is 0 Å². The number of alkyl halides is 1. The third kappa shape index (κ3) is 4.42. The summed E-state index contributed by atoms with van der Waals surface area (Å²) in [6, 6.07) is 2.71. The van der Waals surface area contributed by atoms with E-state index in [1.54, 1.807) is 0 Å². The lowest BCUT2D eigenvalue weighted by Gasteiger charge is -2.21. The van der Waals surface area contributed by atoms with Gasteiger partial charge in [-0.2, -0.15) is 0 Å². The molecule has 94 valence electrons. The van der Waals surface area contributed by atoms with E-state index < -0.39 is 5.82 Å². The van der Waals surface area contributed by atoms with Crippen molar-refractivity contribution in [1.29, 1.82) is 0 Å². The Labute approximate surface area is 109 Å². The van der Waals surface area contributed by atoms with Gasteiger partial charge >= 0.3 is 0 Å². The Bertz CT molecular complexity index is 367. The van der Waals surface area contributed by atoms with E-state index in [1.165, 1.54) is 12.1 Å². The van der Waals surface area contributed by atoms with Gasteiger partial charge in [-0.25, -0.2) is 9.37 Å². The van der Waals surface area contributed by atoms with Gasteiger partial charge in [0.15, 0.2) is 0 Å². The summed E-state index contributed by atoms with van der Waals surface area (Å²) < 4.78 is 12.7. The highest BCUT2D eigenvalue weighted by Gasteiger charge is 2.17. The molecule has 1 aromatic rings. The molecule has 1 unspecified atom stereocenters. The maximum atomic E-state index is 12.7. The molecule has 3 nitrogen and oxygen atoms in total. The molecule has 0 saturated heterocycles. The molecule has 0 fully saturated rings. The maximum Gasteiger partial charge on any atom is 0.270 e. The van der Waals surface area contributed by atoms with Crippen LogP contribution in [0.4, 0.5) is 4.39 Å². The summed E-state index contributed by atoms with van der Waals surface area (Å²) in [5, 5.41) is 3.73. The van der Waals surface area contributed by atoms with E-state index in [2.05, 4.69) is 26.2 Å². The summed E-state index contributed by atoms with van der Waals surface area (Å²) in [4.78, 5) is 15.6. The number of hydrogen-bond donors (Lipinski definition) is 1. The van der Waals surface area contributed by atoms with E-state index in [-0.39, 0.29) is 17.6 Å². The first kappa shape index (κ1) is 14.1. The number of rotatable bonds is 5. The molecule has 5 heteroatoms. The second-order valence-corrected chi connectivity index (χ2v) is 4.96. The minimum atomic E-state index is -0.442. The van der Waals surface area contributed by atoms with Crippen LogP contribution in [0.2, 0.25) is 0 Å². The van der Waals surface area contributed by atoms with Crippen molar-refractivity contribution >= 4 is 21.8 Å². The average Bonchev–Trinajstić information content (AvgIpc) is 2.29. The fourth-order valence-corrected chi connectivity index (χ4v) is 1.94. The van der Waals surface area contributed by atoms with Crippen LogP contribution in [0.1, 0.15) is 30.8 Å². The van der Waals surface area contributed by atoms with Crippen LogP contribution in [0.3, 0.4) is 0 Å². The Kier molecular flexibility index (Phi) is 5.55. The van der Waals surface area contributed by atoms with E-state index >= 15 is 0 Å². The lowest BCUT2D eigenvalue weighted by atomic mass is 10.0. The molecular weight excluding hydrogens is 287 g/mol. The highest BCUT2D eigenvalue weighted by molar-refractivity contribution is 9.09. The quantitative estimate of drug-likeness (QED) is 0.850. The van der Waals surface area contributed by atoms with Gasteiger partial charge in [-0.1, -0.05) is 29.8 Å². The van der Waals surface area contributed by atoms with Crippen molar-refractivity contribution in [1.82, 2.24) is 10.3 Å². The van der Waals surface area contributed by atoms with Crippen LogP contribution in [0.5, 0.6) is 0 Å². The van der Waals surface area contributed by atoms with E-state index in [9.17, 15) is 9.18 Å². The third-order valence-corrected chi connectivity index (χ3v) is 2.96. The van der Waals surface area contributed by atoms with Gasteiger partial charge in [-0.3, -0.25) is 4.79 Å². The van der Waals surface area contributed by atoms with Gasteiger partial charge in [0, 0.05) is 11.4 Å². The Balaban J connectivity index is 2.66. The van der Waals surface area contributed by atoms with Crippen LogP contribution in [0, 0.1) is 11.7 Å².